The van der Waals surface area contributed by atoms with Crippen molar-refractivity contribution in [2.75, 3.05) is 7.11 Å². The van der Waals surface area contributed by atoms with E-state index in [1.54, 1.807) is 0 Å². The number of methoxy groups -OCH3 is 1. The van der Waals surface area contributed by atoms with Crippen molar-refractivity contribution in [2.24, 2.45) is 0 Å². The summed E-state index contributed by atoms with van der Waals surface area (Å²) in [6.07, 6.45) is 1.53. The van der Waals surface area contributed by atoms with Crippen LogP contribution in [0.5, 0.6) is 17.2 Å². The summed E-state index contributed by atoms with van der Waals surface area (Å²) in [5, 5.41) is 8.92. The fraction of sp³-hybridized carbons (Fsp3) is 0.143. The molecule has 1 heterocycles. The highest BCUT2D eigenvalue weighted by atomic mass is 16.5. The van der Waals surface area contributed by atoms with E-state index >= 15 is 0 Å². The lowest BCUT2D eigenvalue weighted by atomic mass is 10.2. The molecule has 1 aromatic carbocycles. The van der Waals surface area contributed by atoms with E-state index in [9.17, 15) is 0 Å². The second kappa shape index (κ2) is 5.19. The van der Waals surface area contributed by atoms with Crippen molar-refractivity contribution in [3.63, 3.8) is 0 Å². The standard InChI is InChI=1S/C14H12N2O2/c1-10-13(18-11-6-4-3-5-7-11)9-16-12(8-15)14(10)17-2/h3-7,9H,1-2H3. The highest BCUT2D eigenvalue weighted by Gasteiger charge is 2.13. The Hall–Kier alpha value is -2.54. The van der Waals surface area contributed by atoms with Crippen molar-refractivity contribution in [1.82, 2.24) is 4.98 Å². The zero-order chi connectivity index (χ0) is 13.0. The number of aromatic nitrogens is 1. The molecule has 0 spiro atoms. The van der Waals surface area contributed by atoms with E-state index in [4.69, 9.17) is 14.7 Å². The van der Waals surface area contributed by atoms with Crippen LogP contribution in [0, 0.1) is 18.3 Å². The number of benzene rings is 1. The first kappa shape index (κ1) is 11.9. The molecule has 0 aliphatic carbocycles. The largest absolute Gasteiger partial charge is 0.493 e. The van der Waals surface area contributed by atoms with Crippen molar-refractivity contribution in [1.29, 1.82) is 5.26 Å². The van der Waals surface area contributed by atoms with Gasteiger partial charge in [0, 0.05) is 5.56 Å². The van der Waals surface area contributed by atoms with Gasteiger partial charge >= 0.3 is 0 Å². The number of ether oxygens (including phenoxy) is 2. The zero-order valence-corrected chi connectivity index (χ0v) is 10.2. The lowest BCUT2D eigenvalue weighted by molar-refractivity contribution is 0.400. The van der Waals surface area contributed by atoms with Crippen LogP contribution in [-0.4, -0.2) is 12.1 Å². The van der Waals surface area contributed by atoms with E-state index in [-0.39, 0.29) is 5.69 Å². The average molecular weight is 240 g/mol. The van der Waals surface area contributed by atoms with Gasteiger partial charge in [-0.05, 0) is 19.1 Å². The van der Waals surface area contributed by atoms with Crippen LogP contribution in [0.3, 0.4) is 0 Å². The molecule has 2 rings (SSSR count). The molecule has 2 aromatic rings. The normalized spacial score (nSPS) is 9.61. The van der Waals surface area contributed by atoms with Gasteiger partial charge in [0.1, 0.15) is 11.8 Å². The number of para-hydroxylation sites is 1. The first-order chi connectivity index (χ1) is 8.76. The predicted molar refractivity (Wildman–Crippen MR) is 66.8 cm³/mol. The van der Waals surface area contributed by atoms with E-state index in [0.717, 1.165) is 5.56 Å². The summed E-state index contributed by atoms with van der Waals surface area (Å²) in [6, 6.07) is 11.4. The number of hydrogen-bond donors (Lipinski definition) is 0. The van der Waals surface area contributed by atoms with E-state index in [1.807, 2.05) is 43.3 Å². The van der Waals surface area contributed by atoms with Crippen LogP contribution in [0.2, 0.25) is 0 Å². The maximum Gasteiger partial charge on any atom is 0.183 e. The number of nitriles is 1. The van der Waals surface area contributed by atoms with E-state index < -0.39 is 0 Å². The Kier molecular flexibility index (Phi) is 3.44. The predicted octanol–water partition coefficient (Wildman–Crippen LogP) is 3.06. The molecule has 4 heteroatoms. The molecule has 0 amide bonds. The minimum absolute atomic E-state index is 0.260. The molecule has 0 radical (unpaired) electrons. The monoisotopic (exact) mass is 240 g/mol. The number of hydrogen-bond acceptors (Lipinski definition) is 4. The van der Waals surface area contributed by atoms with Gasteiger partial charge in [-0.1, -0.05) is 18.2 Å². The van der Waals surface area contributed by atoms with Gasteiger partial charge in [-0.3, -0.25) is 0 Å². The minimum Gasteiger partial charge on any atom is -0.493 e. The van der Waals surface area contributed by atoms with Crippen LogP contribution in [0.15, 0.2) is 36.5 Å². The summed E-state index contributed by atoms with van der Waals surface area (Å²) in [5.41, 5.74) is 1.02. The van der Waals surface area contributed by atoms with Crippen LogP contribution in [-0.2, 0) is 0 Å². The molecule has 18 heavy (non-hydrogen) atoms. The molecule has 0 N–H and O–H groups in total. The minimum atomic E-state index is 0.260. The van der Waals surface area contributed by atoms with Crippen LogP contribution in [0.1, 0.15) is 11.3 Å². The lowest BCUT2D eigenvalue weighted by Crippen LogP contribution is -1.97. The Morgan fingerprint density at radius 3 is 2.56 bits per heavy atom. The van der Waals surface area contributed by atoms with Gasteiger partial charge in [-0.2, -0.15) is 5.26 Å². The molecular formula is C14H12N2O2. The van der Waals surface area contributed by atoms with Gasteiger partial charge < -0.3 is 9.47 Å². The highest BCUT2D eigenvalue weighted by Crippen LogP contribution is 2.31. The maximum atomic E-state index is 8.92. The summed E-state index contributed by atoms with van der Waals surface area (Å²) >= 11 is 0. The first-order valence-corrected chi connectivity index (χ1v) is 5.43. The Bertz CT molecular complexity index is 589. The SMILES string of the molecule is COc1c(C#N)ncc(Oc2ccccc2)c1C. The average Bonchev–Trinajstić information content (AvgIpc) is 2.42. The fourth-order valence-electron chi connectivity index (χ4n) is 1.62. The van der Waals surface area contributed by atoms with Crippen molar-refractivity contribution in [3.05, 3.63) is 47.8 Å². The van der Waals surface area contributed by atoms with Crippen molar-refractivity contribution < 1.29 is 9.47 Å². The Morgan fingerprint density at radius 2 is 1.94 bits per heavy atom. The fourth-order valence-corrected chi connectivity index (χ4v) is 1.62. The third kappa shape index (κ3) is 2.25. The summed E-state index contributed by atoms with van der Waals surface area (Å²) in [4.78, 5) is 4.01. The molecule has 0 fully saturated rings. The van der Waals surface area contributed by atoms with Gasteiger partial charge in [-0.25, -0.2) is 4.98 Å². The molecule has 0 aliphatic rings. The highest BCUT2D eigenvalue weighted by molar-refractivity contribution is 5.50. The smallest absolute Gasteiger partial charge is 0.183 e. The van der Waals surface area contributed by atoms with Crippen molar-refractivity contribution in [3.8, 4) is 23.3 Å². The first-order valence-electron chi connectivity index (χ1n) is 5.43. The Morgan fingerprint density at radius 1 is 1.22 bits per heavy atom. The second-order valence-corrected chi connectivity index (χ2v) is 3.66. The number of nitrogens with zero attached hydrogens (tertiary/aromatic N) is 2. The second-order valence-electron chi connectivity index (χ2n) is 3.66. The van der Waals surface area contributed by atoms with Crippen molar-refractivity contribution >= 4 is 0 Å². The quantitative estimate of drug-likeness (QED) is 0.827. The zero-order valence-electron chi connectivity index (χ0n) is 10.2. The van der Waals surface area contributed by atoms with E-state index in [2.05, 4.69) is 4.98 Å². The van der Waals surface area contributed by atoms with Crippen LogP contribution < -0.4 is 9.47 Å². The third-order valence-corrected chi connectivity index (χ3v) is 2.52. The van der Waals surface area contributed by atoms with Crippen LogP contribution in [0.4, 0.5) is 0 Å². The maximum absolute atomic E-state index is 8.92. The summed E-state index contributed by atoms with van der Waals surface area (Å²) in [5.74, 6) is 1.75. The van der Waals surface area contributed by atoms with Gasteiger partial charge in [-0.15, -0.1) is 0 Å². The summed E-state index contributed by atoms with van der Waals surface area (Å²) in [6.45, 7) is 1.83. The van der Waals surface area contributed by atoms with Gasteiger partial charge in [0.2, 0.25) is 0 Å². The van der Waals surface area contributed by atoms with Crippen LogP contribution >= 0.6 is 0 Å². The molecule has 90 valence electrons. The molecule has 0 saturated heterocycles. The number of rotatable bonds is 3. The summed E-state index contributed by atoms with van der Waals surface area (Å²) < 4.78 is 10.9. The molecular weight excluding hydrogens is 228 g/mol. The Labute approximate surface area is 105 Å². The van der Waals surface area contributed by atoms with E-state index in [0.29, 0.717) is 17.2 Å². The summed E-state index contributed by atoms with van der Waals surface area (Å²) in [7, 11) is 1.51. The van der Waals surface area contributed by atoms with Crippen molar-refractivity contribution in [2.45, 2.75) is 6.92 Å². The Balaban J connectivity index is 2.39. The van der Waals surface area contributed by atoms with Gasteiger partial charge in [0.05, 0.1) is 13.3 Å². The molecule has 1 aromatic heterocycles. The molecule has 0 atom stereocenters. The molecule has 0 bridgehead atoms. The molecule has 0 unspecified atom stereocenters. The lowest BCUT2D eigenvalue weighted by Gasteiger charge is -2.11. The molecule has 0 aliphatic heterocycles. The van der Waals surface area contributed by atoms with Gasteiger partial charge in [0.25, 0.3) is 0 Å². The number of pyridine rings is 1. The topological polar surface area (TPSA) is 55.1 Å². The molecule has 0 saturated carbocycles. The van der Waals surface area contributed by atoms with Gasteiger partial charge in [0.15, 0.2) is 17.2 Å². The molecule has 4 nitrogen and oxygen atoms in total. The van der Waals surface area contributed by atoms with Crippen LogP contribution in [0.25, 0.3) is 0 Å². The third-order valence-electron chi connectivity index (χ3n) is 2.52. The van der Waals surface area contributed by atoms with E-state index in [1.165, 1.54) is 13.3 Å².